The fourth-order valence-corrected chi connectivity index (χ4v) is 1.29. The highest BCUT2D eigenvalue weighted by Crippen LogP contribution is 2.57. The monoisotopic (exact) mass is 182 g/mol. The van der Waals surface area contributed by atoms with Gasteiger partial charge >= 0.3 is 0 Å². The van der Waals surface area contributed by atoms with Crippen LogP contribution in [0.1, 0.15) is 12.8 Å². The van der Waals surface area contributed by atoms with Gasteiger partial charge < -0.3 is 0 Å². The van der Waals surface area contributed by atoms with Gasteiger partial charge in [0.15, 0.2) is 5.78 Å². The Morgan fingerprint density at radius 2 is 1.25 bits per heavy atom. The van der Waals surface area contributed by atoms with E-state index in [-0.39, 0.29) is 0 Å². The van der Waals surface area contributed by atoms with E-state index in [2.05, 4.69) is 0 Å². The van der Waals surface area contributed by atoms with Crippen molar-refractivity contribution in [2.45, 2.75) is 24.7 Å². The van der Waals surface area contributed by atoms with Gasteiger partial charge in [0.2, 0.25) is 0 Å². The summed E-state index contributed by atoms with van der Waals surface area (Å²) in [7, 11) is 0. The molecular formula is C7H6F4O. The van der Waals surface area contributed by atoms with Crippen LogP contribution in [0.2, 0.25) is 0 Å². The van der Waals surface area contributed by atoms with Crippen molar-refractivity contribution in [1.29, 1.82) is 0 Å². The quantitative estimate of drug-likeness (QED) is 0.596. The lowest BCUT2D eigenvalue weighted by Gasteiger charge is -1.96. The summed E-state index contributed by atoms with van der Waals surface area (Å²) in [4.78, 5) is 10.8. The number of hydrogen-bond acceptors (Lipinski definition) is 1. The summed E-state index contributed by atoms with van der Waals surface area (Å²) >= 11 is 0. The van der Waals surface area contributed by atoms with Crippen LogP contribution < -0.4 is 0 Å². The van der Waals surface area contributed by atoms with Crippen molar-refractivity contribution in [2.75, 3.05) is 0 Å². The zero-order chi connectivity index (χ0) is 9.15. The van der Waals surface area contributed by atoms with E-state index in [1.54, 1.807) is 0 Å². The van der Waals surface area contributed by atoms with Crippen molar-refractivity contribution in [2.24, 2.45) is 11.8 Å². The van der Waals surface area contributed by atoms with Gasteiger partial charge in [0.1, 0.15) is 0 Å². The van der Waals surface area contributed by atoms with Gasteiger partial charge in [-0.2, -0.15) is 0 Å². The summed E-state index contributed by atoms with van der Waals surface area (Å²) in [6.45, 7) is 0. The van der Waals surface area contributed by atoms with Gasteiger partial charge in [-0.3, -0.25) is 4.79 Å². The van der Waals surface area contributed by atoms with Gasteiger partial charge in [0.05, 0.1) is 11.8 Å². The Bertz CT molecular complexity index is 224. The molecule has 2 aliphatic carbocycles. The molecule has 0 aromatic carbocycles. The van der Waals surface area contributed by atoms with Crippen molar-refractivity contribution in [3.63, 3.8) is 0 Å². The lowest BCUT2D eigenvalue weighted by atomic mass is 10.2. The second-order valence-electron chi connectivity index (χ2n) is 3.44. The maximum Gasteiger partial charge on any atom is 0.258 e. The number of halogens is 4. The Hall–Kier alpha value is -0.610. The highest BCUT2D eigenvalue weighted by Gasteiger charge is 2.70. The van der Waals surface area contributed by atoms with Gasteiger partial charge in [-0.1, -0.05) is 0 Å². The first-order valence-corrected chi connectivity index (χ1v) is 3.64. The molecule has 0 aromatic rings. The molecule has 0 N–H and O–H groups in total. The van der Waals surface area contributed by atoms with E-state index < -0.39 is 42.3 Å². The first kappa shape index (κ1) is 8.01. The number of Topliss-reactive ketones (excluding diaryl/α,β-unsaturated/α-hetero) is 1. The molecule has 0 bridgehead atoms. The molecule has 0 aromatic heterocycles. The third kappa shape index (κ3) is 1.03. The number of rotatable bonds is 2. The molecule has 2 atom stereocenters. The summed E-state index contributed by atoms with van der Waals surface area (Å²) < 4.78 is 48.9. The van der Waals surface area contributed by atoms with Crippen molar-refractivity contribution >= 4 is 5.78 Å². The Balaban J connectivity index is 1.97. The molecule has 2 rings (SSSR count). The summed E-state index contributed by atoms with van der Waals surface area (Å²) in [5, 5.41) is 0. The average molecular weight is 182 g/mol. The van der Waals surface area contributed by atoms with E-state index in [0.29, 0.717) is 0 Å². The Morgan fingerprint density at radius 1 is 1.00 bits per heavy atom. The molecule has 5 heteroatoms. The first-order valence-electron chi connectivity index (χ1n) is 3.64. The predicted molar refractivity (Wildman–Crippen MR) is 31.1 cm³/mol. The largest absolute Gasteiger partial charge is 0.299 e. The second kappa shape index (κ2) is 1.83. The number of alkyl halides is 4. The molecular weight excluding hydrogens is 176 g/mol. The minimum atomic E-state index is -3.00. The van der Waals surface area contributed by atoms with E-state index in [1.807, 2.05) is 0 Å². The molecule has 0 saturated heterocycles. The molecule has 2 fully saturated rings. The third-order valence-electron chi connectivity index (χ3n) is 2.34. The standard InChI is InChI=1S/C7H6F4O/c8-6(9)1-3(6)5(12)4-2-7(4,10)11/h3-4H,1-2H2/t3-,4-/m0/s1. The van der Waals surface area contributed by atoms with Crippen molar-refractivity contribution in [3.8, 4) is 0 Å². The zero-order valence-electron chi connectivity index (χ0n) is 5.99. The maximum absolute atomic E-state index is 12.2. The van der Waals surface area contributed by atoms with Crippen LogP contribution in [0.5, 0.6) is 0 Å². The van der Waals surface area contributed by atoms with Gasteiger partial charge in [-0.15, -0.1) is 0 Å². The lowest BCUT2D eigenvalue weighted by Crippen LogP contribution is -2.13. The SMILES string of the molecule is O=C([C@@H]1CC1(F)F)[C@@H]1CC1(F)F. The molecule has 1 nitrogen and oxygen atoms in total. The molecule has 2 saturated carbocycles. The van der Waals surface area contributed by atoms with Crippen LogP contribution in [0, 0.1) is 11.8 Å². The molecule has 0 amide bonds. The summed E-state index contributed by atoms with van der Waals surface area (Å²) in [5.74, 6) is -9.80. The van der Waals surface area contributed by atoms with Crippen LogP contribution >= 0.6 is 0 Å². The van der Waals surface area contributed by atoms with Crippen LogP contribution in [0.4, 0.5) is 17.6 Å². The highest BCUT2D eigenvalue weighted by molar-refractivity contribution is 5.90. The average Bonchev–Trinajstić information content (AvgIpc) is 2.70. The third-order valence-corrected chi connectivity index (χ3v) is 2.34. The van der Waals surface area contributed by atoms with Crippen molar-refractivity contribution in [3.05, 3.63) is 0 Å². The summed E-state index contributed by atoms with van der Waals surface area (Å²) in [6, 6.07) is 0. The van der Waals surface area contributed by atoms with Crippen molar-refractivity contribution < 1.29 is 22.4 Å². The molecule has 0 radical (unpaired) electrons. The predicted octanol–water partition coefficient (Wildman–Crippen LogP) is 1.87. The molecule has 2 aliphatic rings. The Morgan fingerprint density at radius 3 is 1.42 bits per heavy atom. The molecule has 12 heavy (non-hydrogen) atoms. The van der Waals surface area contributed by atoms with E-state index >= 15 is 0 Å². The van der Waals surface area contributed by atoms with Crippen molar-refractivity contribution in [1.82, 2.24) is 0 Å². The molecule has 0 unspecified atom stereocenters. The Labute approximate surface area is 65.7 Å². The van der Waals surface area contributed by atoms with E-state index in [4.69, 9.17) is 0 Å². The Kier molecular flexibility index (Phi) is 1.22. The van der Waals surface area contributed by atoms with Gasteiger partial charge in [0.25, 0.3) is 11.8 Å². The van der Waals surface area contributed by atoms with Gasteiger partial charge in [0, 0.05) is 12.8 Å². The zero-order valence-corrected chi connectivity index (χ0v) is 5.99. The fourth-order valence-electron chi connectivity index (χ4n) is 1.29. The van der Waals surface area contributed by atoms with Crippen LogP contribution in [0.15, 0.2) is 0 Å². The fraction of sp³-hybridized carbons (Fsp3) is 0.857. The topological polar surface area (TPSA) is 17.1 Å². The molecule has 68 valence electrons. The second-order valence-corrected chi connectivity index (χ2v) is 3.44. The van der Waals surface area contributed by atoms with Crippen LogP contribution in [-0.4, -0.2) is 17.6 Å². The summed E-state index contributed by atoms with van der Waals surface area (Å²) in [5.41, 5.74) is 0. The number of carbonyl (C=O) groups excluding carboxylic acids is 1. The van der Waals surface area contributed by atoms with E-state index in [9.17, 15) is 22.4 Å². The van der Waals surface area contributed by atoms with Gasteiger partial charge in [-0.05, 0) is 0 Å². The highest BCUT2D eigenvalue weighted by atomic mass is 19.3. The lowest BCUT2D eigenvalue weighted by molar-refractivity contribution is -0.125. The number of ketones is 1. The minimum absolute atomic E-state index is 0.543. The van der Waals surface area contributed by atoms with Crippen LogP contribution in [0.3, 0.4) is 0 Å². The maximum atomic E-state index is 12.2. The smallest absolute Gasteiger partial charge is 0.258 e. The number of carbonyl (C=O) groups is 1. The van der Waals surface area contributed by atoms with Crippen LogP contribution in [0.25, 0.3) is 0 Å². The van der Waals surface area contributed by atoms with E-state index in [1.165, 1.54) is 0 Å². The molecule has 0 heterocycles. The number of hydrogen-bond donors (Lipinski definition) is 0. The molecule has 0 spiro atoms. The minimum Gasteiger partial charge on any atom is -0.299 e. The summed E-state index contributed by atoms with van der Waals surface area (Å²) in [6.07, 6.45) is -1.09. The normalized spacial score (nSPS) is 40.7. The molecule has 0 aliphatic heterocycles. The van der Waals surface area contributed by atoms with Crippen LogP contribution in [-0.2, 0) is 4.79 Å². The van der Waals surface area contributed by atoms with E-state index in [0.717, 1.165) is 0 Å². The van der Waals surface area contributed by atoms with Gasteiger partial charge in [-0.25, -0.2) is 17.6 Å². The first-order chi connectivity index (χ1) is 5.34.